The van der Waals surface area contributed by atoms with E-state index in [1.54, 1.807) is 30.4 Å². The largest absolute Gasteiger partial charge is 0.508 e. The number of aromatic hydroxyl groups is 1. The van der Waals surface area contributed by atoms with Crippen LogP contribution in [0.3, 0.4) is 0 Å². The molecule has 6 heteroatoms. The van der Waals surface area contributed by atoms with E-state index in [2.05, 4.69) is 10.3 Å². The Kier molecular flexibility index (Phi) is 4.30. The van der Waals surface area contributed by atoms with Gasteiger partial charge in [-0.2, -0.15) is 0 Å². The lowest BCUT2D eigenvalue weighted by molar-refractivity contribution is -0.115. The average molecular weight is 353 g/mol. The molecule has 26 heavy (non-hydrogen) atoms. The van der Waals surface area contributed by atoms with E-state index in [-0.39, 0.29) is 30.7 Å². The Bertz CT molecular complexity index is 871. The van der Waals surface area contributed by atoms with Crippen molar-refractivity contribution in [3.8, 4) is 5.75 Å². The zero-order valence-electron chi connectivity index (χ0n) is 14.2. The van der Waals surface area contributed by atoms with E-state index in [1.165, 1.54) is 0 Å². The van der Waals surface area contributed by atoms with Crippen LogP contribution in [-0.4, -0.2) is 39.3 Å². The average Bonchev–Trinajstić information content (AvgIpc) is 3.18. The van der Waals surface area contributed by atoms with Crippen LogP contribution in [-0.2, 0) is 11.2 Å². The van der Waals surface area contributed by atoms with Gasteiger partial charge < -0.3 is 25.6 Å². The Morgan fingerprint density at radius 3 is 2.73 bits per heavy atom. The van der Waals surface area contributed by atoms with E-state index in [1.807, 2.05) is 6.20 Å². The van der Waals surface area contributed by atoms with Gasteiger partial charge in [-0.25, -0.2) is 0 Å². The number of aliphatic hydroxyl groups excluding tert-OH is 2. The molecule has 2 aliphatic rings. The van der Waals surface area contributed by atoms with Gasteiger partial charge >= 0.3 is 0 Å². The third-order valence-corrected chi connectivity index (χ3v) is 5.20. The van der Waals surface area contributed by atoms with Gasteiger partial charge in [0.1, 0.15) is 5.75 Å². The minimum atomic E-state index is -0.492. The summed E-state index contributed by atoms with van der Waals surface area (Å²) in [5.74, 6) is -0.534. The molecule has 0 saturated heterocycles. The van der Waals surface area contributed by atoms with Gasteiger partial charge in [0.05, 0.1) is 12.0 Å². The highest BCUT2D eigenvalue weighted by molar-refractivity contribution is 6.04. The van der Waals surface area contributed by atoms with E-state index in [9.17, 15) is 20.1 Å². The number of H-pyrrole nitrogens is 1. The fraction of sp³-hybridized carbons (Fsp3) is 0.300. The first kappa shape index (κ1) is 16.9. The molecule has 0 spiro atoms. The van der Waals surface area contributed by atoms with Gasteiger partial charge in [0, 0.05) is 36.7 Å². The van der Waals surface area contributed by atoms with Crippen molar-refractivity contribution in [3.05, 3.63) is 58.9 Å². The summed E-state index contributed by atoms with van der Waals surface area (Å²) in [5, 5.41) is 32.1. The van der Waals surface area contributed by atoms with Crippen molar-refractivity contribution in [1.82, 2.24) is 4.98 Å². The normalized spacial score (nSPS) is 21.5. The summed E-state index contributed by atoms with van der Waals surface area (Å²) < 4.78 is 0. The van der Waals surface area contributed by atoms with Crippen molar-refractivity contribution < 1.29 is 20.1 Å². The lowest BCUT2D eigenvalue weighted by Crippen LogP contribution is -2.29. The lowest BCUT2D eigenvalue weighted by atomic mass is 9.76. The summed E-state index contributed by atoms with van der Waals surface area (Å²) in [4.78, 5) is 16.0. The Balaban J connectivity index is 1.78. The van der Waals surface area contributed by atoms with Crippen LogP contribution in [0.4, 0.5) is 5.69 Å². The highest BCUT2D eigenvalue weighted by Crippen LogP contribution is 2.51. The van der Waals surface area contributed by atoms with Crippen LogP contribution in [0.25, 0.3) is 6.08 Å². The number of anilines is 1. The monoisotopic (exact) mass is 353 g/mol. The molecule has 4 rings (SSSR count). The molecule has 0 fully saturated rings. The third-order valence-electron chi connectivity index (χ3n) is 5.20. The first-order chi connectivity index (χ1) is 12.6. The summed E-state index contributed by atoms with van der Waals surface area (Å²) in [5.41, 5.74) is 4.40. The first-order valence-corrected chi connectivity index (χ1v) is 8.74. The summed E-state index contributed by atoms with van der Waals surface area (Å²) in [6, 6.07) is 5.89. The SMILES string of the molecule is O=C1C=Cc2[nH]cc(CCO)c2C1[C]1Nc2ccc(O)cc2C1CCO. The molecule has 0 bridgehead atoms. The molecule has 6 nitrogen and oxygen atoms in total. The number of aliphatic hydroxyl groups is 2. The predicted molar refractivity (Wildman–Crippen MR) is 97.8 cm³/mol. The number of nitrogens with one attached hydrogen (secondary N) is 2. The lowest BCUT2D eigenvalue weighted by Gasteiger charge is -2.29. The van der Waals surface area contributed by atoms with Crippen molar-refractivity contribution in [2.24, 2.45) is 0 Å². The van der Waals surface area contributed by atoms with Crippen molar-refractivity contribution in [1.29, 1.82) is 0 Å². The number of hydrogen-bond donors (Lipinski definition) is 5. The second-order valence-electron chi connectivity index (χ2n) is 6.70. The fourth-order valence-corrected chi connectivity index (χ4v) is 4.09. The molecule has 1 aliphatic heterocycles. The molecule has 1 radical (unpaired) electrons. The molecule has 5 N–H and O–H groups in total. The molecule has 1 aromatic heterocycles. The van der Waals surface area contributed by atoms with Crippen LogP contribution >= 0.6 is 0 Å². The number of aromatic amines is 1. The number of phenolic OH excluding ortho intramolecular Hbond substituents is 1. The number of carbonyl (C=O) groups is 1. The van der Waals surface area contributed by atoms with Crippen molar-refractivity contribution in [2.45, 2.75) is 24.7 Å². The quantitative estimate of drug-likeness (QED) is 0.529. The standard InChI is InChI=1S/C20H21N2O4/c23-7-5-11-10-21-16-3-4-17(26)19(18(11)16)20-13(6-8-24)14-9-12(25)1-2-15(14)22-20/h1-4,9-10,13,19,21-25H,5-8H2. The van der Waals surface area contributed by atoms with E-state index < -0.39 is 5.92 Å². The van der Waals surface area contributed by atoms with Crippen LogP contribution in [0.2, 0.25) is 0 Å². The minimum Gasteiger partial charge on any atom is -0.508 e. The summed E-state index contributed by atoms with van der Waals surface area (Å²) >= 11 is 0. The molecule has 0 amide bonds. The third kappa shape index (κ3) is 2.62. The van der Waals surface area contributed by atoms with Gasteiger partial charge in [0.2, 0.25) is 0 Å². The maximum absolute atomic E-state index is 12.8. The second-order valence-corrected chi connectivity index (χ2v) is 6.70. The van der Waals surface area contributed by atoms with E-state index in [0.717, 1.165) is 34.1 Å². The van der Waals surface area contributed by atoms with Crippen molar-refractivity contribution >= 4 is 17.5 Å². The fourth-order valence-electron chi connectivity index (χ4n) is 4.09. The van der Waals surface area contributed by atoms with Crippen LogP contribution in [0.15, 0.2) is 30.5 Å². The number of ketones is 1. The Labute approximate surface area is 151 Å². The number of benzene rings is 1. The van der Waals surface area contributed by atoms with Gasteiger partial charge in [-0.15, -0.1) is 0 Å². The van der Waals surface area contributed by atoms with E-state index in [4.69, 9.17) is 0 Å². The topological polar surface area (TPSA) is 106 Å². The van der Waals surface area contributed by atoms with Crippen molar-refractivity contribution in [3.63, 3.8) is 0 Å². The van der Waals surface area contributed by atoms with Crippen LogP contribution < -0.4 is 5.32 Å². The smallest absolute Gasteiger partial charge is 0.165 e. The van der Waals surface area contributed by atoms with Crippen molar-refractivity contribution in [2.75, 3.05) is 18.5 Å². The molecular weight excluding hydrogens is 332 g/mol. The van der Waals surface area contributed by atoms with Gasteiger partial charge in [0.15, 0.2) is 5.78 Å². The highest BCUT2D eigenvalue weighted by atomic mass is 16.3. The summed E-state index contributed by atoms with van der Waals surface area (Å²) in [7, 11) is 0. The number of carbonyl (C=O) groups excluding carboxylic acids is 1. The molecule has 2 heterocycles. The van der Waals surface area contributed by atoms with E-state index >= 15 is 0 Å². The van der Waals surface area contributed by atoms with Gasteiger partial charge in [0.25, 0.3) is 0 Å². The number of allylic oxidation sites excluding steroid dienone is 1. The number of rotatable bonds is 5. The maximum Gasteiger partial charge on any atom is 0.165 e. The van der Waals surface area contributed by atoms with Gasteiger partial charge in [-0.05, 0) is 59.9 Å². The molecule has 2 aromatic rings. The molecule has 2 unspecified atom stereocenters. The molecule has 0 saturated carbocycles. The summed E-state index contributed by atoms with van der Waals surface area (Å²) in [6.45, 7) is -0.0168. The number of aromatic nitrogens is 1. The van der Waals surface area contributed by atoms with Crippen LogP contribution in [0.1, 0.15) is 40.6 Å². The molecular formula is C20H21N2O4. The minimum absolute atomic E-state index is 0.00580. The molecule has 135 valence electrons. The van der Waals surface area contributed by atoms with Crippen LogP contribution in [0, 0.1) is 6.04 Å². The molecule has 1 aromatic carbocycles. The summed E-state index contributed by atoms with van der Waals surface area (Å²) in [6.07, 6.45) is 6.10. The Morgan fingerprint density at radius 2 is 1.96 bits per heavy atom. The predicted octanol–water partition coefficient (Wildman–Crippen LogP) is 2.06. The second kappa shape index (κ2) is 6.63. The maximum atomic E-state index is 12.8. The zero-order valence-corrected chi connectivity index (χ0v) is 14.2. The Morgan fingerprint density at radius 1 is 1.12 bits per heavy atom. The molecule has 2 atom stereocenters. The number of fused-ring (bicyclic) bond motifs is 2. The highest BCUT2D eigenvalue weighted by Gasteiger charge is 2.44. The van der Waals surface area contributed by atoms with Gasteiger partial charge in [-0.1, -0.05) is 0 Å². The number of phenols is 1. The zero-order chi connectivity index (χ0) is 18.3. The first-order valence-electron chi connectivity index (χ1n) is 8.74. The molecule has 1 aliphatic carbocycles. The Hall–Kier alpha value is -2.57. The van der Waals surface area contributed by atoms with Crippen LogP contribution in [0.5, 0.6) is 5.75 Å². The van der Waals surface area contributed by atoms with Gasteiger partial charge in [-0.3, -0.25) is 4.79 Å². The number of hydrogen-bond acceptors (Lipinski definition) is 5. The van der Waals surface area contributed by atoms with E-state index in [0.29, 0.717) is 12.8 Å².